The van der Waals surface area contributed by atoms with Gasteiger partial charge >= 0.3 is 0 Å². The van der Waals surface area contributed by atoms with Crippen LogP contribution >= 0.6 is 11.3 Å². The number of hydrogen-bond acceptors (Lipinski definition) is 4. The zero-order valence-corrected chi connectivity index (χ0v) is 34.1. The van der Waals surface area contributed by atoms with Crippen LogP contribution in [0.3, 0.4) is 0 Å². The summed E-state index contributed by atoms with van der Waals surface area (Å²) < 4.78 is 2.62. The summed E-state index contributed by atoms with van der Waals surface area (Å²) in [5.41, 5.74) is 3.53. The predicted octanol–water partition coefficient (Wildman–Crippen LogP) is 11.8. The van der Waals surface area contributed by atoms with Crippen LogP contribution in [0.5, 0.6) is 0 Å². The normalized spacial score (nSPS) is 12.5. The van der Waals surface area contributed by atoms with Crippen LogP contribution in [-0.2, 0) is 30.3 Å². The Morgan fingerprint density at radius 2 is 1.53 bits per heavy atom. The number of aromatic nitrogens is 1. The quantitative estimate of drug-likeness (QED) is 0.0696. The number of carbonyl (C=O) groups excluding carboxylic acids is 1. The predicted molar refractivity (Wildman–Crippen MR) is 204 cm³/mol. The van der Waals surface area contributed by atoms with Gasteiger partial charge in [-0.1, -0.05) is 115 Å². The van der Waals surface area contributed by atoms with E-state index in [1.54, 1.807) is 0 Å². The van der Waals surface area contributed by atoms with Crippen molar-refractivity contribution in [1.82, 2.24) is 4.98 Å². The van der Waals surface area contributed by atoms with Crippen LogP contribution in [0, 0.1) is 17.9 Å². The fourth-order valence-electron chi connectivity index (χ4n) is 6.12. The molecule has 5 rings (SSSR count). The summed E-state index contributed by atoms with van der Waals surface area (Å²) in [6.45, 7) is 22.1. The number of pyridine rings is 1. The van der Waals surface area contributed by atoms with Gasteiger partial charge in [0.25, 0.3) is 0 Å². The summed E-state index contributed by atoms with van der Waals surface area (Å²) in [6, 6.07) is 23.8. The first-order valence-electron chi connectivity index (χ1n) is 16.9. The Balaban J connectivity index is 0.000000322. The van der Waals surface area contributed by atoms with Crippen LogP contribution < -0.4 is 5.19 Å². The number of nitrogens with zero attached hydrogens (tertiary/aromatic N) is 1. The van der Waals surface area contributed by atoms with Crippen molar-refractivity contribution in [3.8, 4) is 11.3 Å². The van der Waals surface area contributed by atoms with Crippen LogP contribution in [0.1, 0.15) is 79.7 Å². The van der Waals surface area contributed by atoms with E-state index in [4.69, 9.17) is 4.98 Å². The summed E-state index contributed by atoms with van der Waals surface area (Å²) in [5.74, 6) is 0.547. The number of aliphatic hydroxyl groups is 1. The van der Waals surface area contributed by atoms with Crippen LogP contribution in [0.2, 0.25) is 19.6 Å². The smallest absolute Gasteiger partial charge is 0.162 e. The van der Waals surface area contributed by atoms with Gasteiger partial charge in [0.05, 0.1) is 13.8 Å². The Kier molecular flexibility index (Phi) is 13.4. The molecular weight excluding hydrogens is 791 g/mol. The summed E-state index contributed by atoms with van der Waals surface area (Å²) in [5, 5.41) is 16.3. The molecular formula is C41H52IrNO2SSi-. The van der Waals surface area contributed by atoms with Gasteiger partial charge in [0.1, 0.15) is 0 Å². The van der Waals surface area contributed by atoms with E-state index in [-0.39, 0.29) is 48.9 Å². The van der Waals surface area contributed by atoms with Crippen molar-refractivity contribution < 1.29 is 30.0 Å². The maximum absolute atomic E-state index is 11.7. The van der Waals surface area contributed by atoms with Gasteiger partial charge in [-0.25, -0.2) is 0 Å². The topological polar surface area (TPSA) is 50.2 Å². The van der Waals surface area contributed by atoms with Crippen molar-refractivity contribution >= 4 is 61.3 Å². The minimum atomic E-state index is -1.35. The average Bonchev–Trinajstić information content (AvgIpc) is 3.39. The number of fused-ring (bicyclic) bond motifs is 4. The van der Waals surface area contributed by atoms with Crippen molar-refractivity contribution in [3.05, 3.63) is 84.3 Å². The SMILES string of the molecule is CC(C)(C)c1cc(-c2nccc3c2sc2cc([Si](C)(C)C)ccc23)[c-]c2ccccc12.CCC(CC)C(=O)/C=C(\O)C(CC)CC.[Ir]. The van der Waals surface area contributed by atoms with E-state index < -0.39 is 8.07 Å². The Hall–Kier alpha value is -2.63. The molecule has 0 fully saturated rings. The van der Waals surface area contributed by atoms with Crippen molar-refractivity contribution in [2.45, 2.75) is 99.2 Å². The molecule has 3 nitrogen and oxygen atoms in total. The number of ketones is 1. The Labute approximate surface area is 301 Å². The third-order valence-corrected chi connectivity index (χ3v) is 12.4. The van der Waals surface area contributed by atoms with E-state index in [9.17, 15) is 9.90 Å². The van der Waals surface area contributed by atoms with Crippen molar-refractivity contribution in [2.24, 2.45) is 11.8 Å². The standard InChI is InChI=1S/C28H28NSSi.C13H24O2.Ir/c1-28(2,3)24-16-19(15-18-9-7-8-10-21(18)24)26-27-23(13-14-29-26)22-12-11-20(31(4,5)6)17-25(22)30-27;1-5-10(6-2)12(14)9-13(15)11(7-3)8-4;/h7-14,16-17H,1-6H3;9-11,14H,5-8H2,1-4H3;/q-1;;/b;12-9-;. The monoisotopic (exact) mass is 843 g/mol. The van der Waals surface area contributed by atoms with E-state index >= 15 is 0 Å². The van der Waals surface area contributed by atoms with E-state index in [1.807, 2.05) is 45.2 Å². The zero-order valence-electron chi connectivity index (χ0n) is 29.9. The van der Waals surface area contributed by atoms with Gasteiger partial charge in [0, 0.05) is 59.3 Å². The number of rotatable bonds is 9. The van der Waals surface area contributed by atoms with Gasteiger partial charge in [0.2, 0.25) is 0 Å². The van der Waals surface area contributed by atoms with Crippen LogP contribution in [0.4, 0.5) is 0 Å². The van der Waals surface area contributed by atoms with Gasteiger partial charge in [-0.05, 0) is 54.0 Å². The summed E-state index contributed by atoms with van der Waals surface area (Å²) in [4.78, 5) is 16.6. The number of thiophene rings is 1. The number of allylic oxidation sites excluding steroid dienone is 2. The van der Waals surface area contributed by atoms with Gasteiger partial charge in [-0.2, -0.15) is 0 Å². The van der Waals surface area contributed by atoms with Gasteiger partial charge in [-0.3, -0.25) is 9.78 Å². The fraction of sp³-hybridized carbons (Fsp3) is 0.415. The van der Waals surface area contributed by atoms with Crippen molar-refractivity contribution in [1.29, 1.82) is 0 Å². The minimum absolute atomic E-state index is 0. The molecule has 0 saturated heterocycles. The van der Waals surface area contributed by atoms with Gasteiger partial charge in [-0.15, -0.1) is 40.5 Å². The first kappa shape index (κ1) is 38.8. The molecule has 0 aliphatic rings. The second-order valence-electron chi connectivity index (χ2n) is 14.5. The molecule has 1 radical (unpaired) electrons. The fourth-order valence-corrected chi connectivity index (χ4v) is 8.63. The maximum atomic E-state index is 11.7. The molecule has 2 heterocycles. The van der Waals surface area contributed by atoms with Gasteiger partial charge < -0.3 is 5.11 Å². The molecule has 6 heteroatoms. The third-order valence-electron chi connectivity index (χ3n) is 9.17. The molecule has 0 amide bonds. The summed E-state index contributed by atoms with van der Waals surface area (Å²) >= 11 is 1.87. The number of hydrogen-bond donors (Lipinski definition) is 1. The summed E-state index contributed by atoms with van der Waals surface area (Å²) in [6.07, 6.45) is 6.86. The molecule has 0 atom stereocenters. The van der Waals surface area contributed by atoms with Crippen LogP contribution in [0.25, 0.3) is 42.2 Å². The first-order valence-corrected chi connectivity index (χ1v) is 21.3. The number of benzene rings is 3. The van der Waals surface area contributed by atoms with Crippen molar-refractivity contribution in [3.63, 3.8) is 0 Å². The molecule has 2 aromatic heterocycles. The molecule has 0 saturated carbocycles. The molecule has 1 N–H and O–H groups in total. The van der Waals surface area contributed by atoms with E-state index in [0.717, 1.165) is 42.3 Å². The Morgan fingerprint density at radius 3 is 2.13 bits per heavy atom. The van der Waals surface area contributed by atoms with E-state index in [0.29, 0.717) is 0 Å². The molecule has 3 aromatic carbocycles. The van der Waals surface area contributed by atoms with Gasteiger partial charge in [0.15, 0.2) is 5.78 Å². The van der Waals surface area contributed by atoms with Crippen LogP contribution in [0.15, 0.2) is 72.6 Å². The molecule has 0 aliphatic heterocycles. The molecule has 0 unspecified atom stereocenters. The number of carbonyl (C=O) groups is 1. The second kappa shape index (κ2) is 16.2. The largest absolute Gasteiger partial charge is 0.512 e. The molecule has 0 bridgehead atoms. The molecule has 5 aromatic rings. The third kappa shape index (κ3) is 8.89. The molecule has 47 heavy (non-hydrogen) atoms. The second-order valence-corrected chi connectivity index (χ2v) is 20.6. The van der Waals surface area contributed by atoms with Crippen molar-refractivity contribution in [2.75, 3.05) is 0 Å². The Morgan fingerprint density at radius 1 is 0.894 bits per heavy atom. The minimum Gasteiger partial charge on any atom is -0.512 e. The van der Waals surface area contributed by atoms with Crippen LogP contribution in [-0.4, -0.2) is 23.9 Å². The number of aliphatic hydroxyl groups excluding tert-OH is 1. The molecule has 253 valence electrons. The van der Waals surface area contributed by atoms with E-state index in [2.05, 4.69) is 101 Å². The zero-order chi connectivity index (χ0) is 33.8. The molecule has 0 spiro atoms. The average molecular weight is 843 g/mol. The first-order chi connectivity index (χ1) is 21.7. The molecule has 0 aliphatic carbocycles. The summed E-state index contributed by atoms with van der Waals surface area (Å²) in [7, 11) is -1.35. The maximum Gasteiger partial charge on any atom is 0.162 e. The Bertz CT molecular complexity index is 1850. The van der Waals surface area contributed by atoms with E-state index in [1.165, 1.54) is 42.4 Å².